The van der Waals surface area contributed by atoms with Crippen molar-refractivity contribution in [2.45, 2.75) is 61.2 Å². The molecule has 4 aliphatic rings. The number of carbonyl (C=O) groups excluding carboxylic acids is 1. The number of alkyl halides is 3. The Kier molecular flexibility index (Phi) is 9.57. The van der Waals surface area contributed by atoms with Gasteiger partial charge >= 0.3 is 12.1 Å². The number of nitrogens with one attached hydrogen (secondary N) is 2. The van der Waals surface area contributed by atoms with Gasteiger partial charge in [-0.2, -0.15) is 13.2 Å². The van der Waals surface area contributed by atoms with Gasteiger partial charge in [0.2, 0.25) is 15.9 Å². The molecule has 2 aromatic heterocycles. The molecule has 0 unspecified atom stereocenters. The summed E-state index contributed by atoms with van der Waals surface area (Å²) >= 11 is 0. The maximum atomic E-state index is 13.3. The largest absolute Gasteiger partial charge is 0.494 e. The average molecular weight is 680 g/mol. The van der Waals surface area contributed by atoms with Crippen molar-refractivity contribution in [2.75, 3.05) is 6.54 Å². The highest BCUT2D eigenvalue weighted by Gasteiger charge is 2.55. The van der Waals surface area contributed by atoms with E-state index in [4.69, 9.17) is 15.6 Å². The van der Waals surface area contributed by atoms with E-state index < -0.39 is 33.7 Å². The van der Waals surface area contributed by atoms with Crippen molar-refractivity contribution in [3.63, 3.8) is 0 Å². The summed E-state index contributed by atoms with van der Waals surface area (Å²) in [7, 11) is -4.07. The summed E-state index contributed by atoms with van der Waals surface area (Å²) in [5.74, 6) is -0.932. The van der Waals surface area contributed by atoms with Crippen molar-refractivity contribution < 1.29 is 46.5 Å². The molecule has 7 rings (SSSR count). The molecule has 12 nitrogen and oxygen atoms in total. The van der Waals surface area contributed by atoms with Gasteiger partial charge in [-0.1, -0.05) is 30.3 Å². The molecule has 16 heteroatoms. The second-order valence-corrected chi connectivity index (χ2v) is 14.2. The summed E-state index contributed by atoms with van der Waals surface area (Å²) in [6.07, 6.45) is 1.86. The average Bonchev–Trinajstić information content (AvgIpc) is 3.35. The fourth-order valence-electron chi connectivity index (χ4n) is 7.34. The van der Waals surface area contributed by atoms with Crippen LogP contribution in [0.5, 0.6) is 11.8 Å². The first kappa shape index (κ1) is 34.2. The molecule has 4 aliphatic carbocycles. The Morgan fingerprint density at radius 1 is 0.957 bits per heavy atom. The van der Waals surface area contributed by atoms with Crippen LogP contribution < -0.4 is 15.8 Å². The van der Waals surface area contributed by atoms with Crippen LogP contribution in [0.1, 0.15) is 50.1 Å². The number of aromatic hydroxyl groups is 2. The zero-order valence-corrected chi connectivity index (χ0v) is 25.9. The van der Waals surface area contributed by atoms with Crippen LogP contribution >= 0.6 is 0 Å². The normalized spacial score (nSPS) is 25.4. The number of hydrogen-bond acceptors (Lipinski definition) is 8. The SMILES string of the molecule is NC1(CNC(=O)C[C@H](NS(=O)(=O)c2ccc(-n3c(O)ccc3O)nc2)c2ccccc2)C2CC3CC(C2)CC1C3.O=C(O)C(F)(F)F. The maximum absolute atomic E-state index is 13.3. The van der Waals surface area contributed by atoms with Gasteiger partial charge in [-0.05, 0) is 73.5 Å². The lowest BCUT2D eigenvalue weighted by Gasteiger charge is -2.59. The van der Waals surface area contributed by atoms with E-state index in [0.717, 1.165) is 48.3 Å². The molecule has 0 spiro atoms. The van der Waals surface area contributed by atoms with Gasteiger partial charge < -0.3 is 26.4 Å². The van der Waals surface area contributed by atoms with Crippen LogP contribution in [0.2, 0.25) is 0 Å². The van der Waals surface area contributed by atoms with Crippen molar-refractivity contribution in [2.24, 2.45) is 29.4 Å². The molecule has 0 radical (unpaired) electrons. The van der Waals surface area contributed by atoms with Gasteiger partial charge in [0.15, 0.2) is 11.8 Å². The van der Waals surface area contributed by atoms with Crippen LogP contribution in [-0.4, -0.2) is 63.4 Å². The Morgan fingerprint density at radius 3 is 2.00 bits per heavy atom. The van der Waals surface area contributed by atoms with Crippen LogP contribution in [0.4, 0.5) is 13.2 Å². The van der Waals surface area contributed by atoms with Crippen molar-refractivity contribution in [3.05, 3.63) is 66.4 Å². The summed E-state index contributed by atoms with van der Waals surface area (Å²) in [6.45, 7) is 0.402. The fraction of sp³-hybridized carbons (Fsp3) is 0.452. The van der Waals surface area contributed by atoms with Crippen LogP contribution in [0.15, 0.2) is 65.7 Å². The second kappa shape index (κ2) is 13.2. The topological polar surface area (TPSA) is 197 Å². The van der Waals surface area contributed by atoms with E-state index in [1.165, 1.54) is 30.7 Å². The number of nitrogens with zero attached hydrogens (tertiary/aromatic N) is 2. The molecule has 1 aromatic carbocycles. The minimum Gasteiger partial charge on any atom is -0.494 e. The molecule has 1 atom stereocenters. The molecule has 0 saturated heterocycles. The molecule has 254 valence electrons. The van der Waals surface area contributed by atoms with Crippen LogP contribution in [0.3, 0.4) is 0 Å². The first-order chi connectivity index (χ1) is 22.1. The number of hydrogen-bond donors (Lipinski definition) is 6. The molecule has 2 heterocycles. The highest BCUT2D eigenvalue weighted by molar-refractivity contribution is 7.89. The highest BCUT2D eigenvalue weighted by atomic mass is 32.2. The Morgan fingerprint density at radius 2 is 1.51 bits per heavy atom. The summed E-state index contributed by atoms with van der Waals surface area (Å²) in [4.78, 5) is 26.1. The van der Waals surface area contributed by atoms with E-state index in [2.05, 4.69) is 15.0 Å². The minimum atomic E-state index is -5.08. The van der Waals surface area contributed by atoms with Crippen molar-refractivity contribution in [1.82, 2.24) is 19.6 Å². The zero-order chi connectivity index (χ0) is 34.1. The van der Waals surface area contributed by atoms with E-state index in [0.29, 0.717) is 23.9 Å². The number of carbonyl (C=O) groups is 2. The Labute approximate surface area is 268 Å². The molecule has 3 aromatic rings. The van der Waals surface area contributed by atoms with Gasteiger partial charge in [0.1, 0.15) is 10.7 Å². The predicted octanol–water partition coefficient (Wildman–Crippen LogP) is 3.60. The number of carboxylic acid groups (broad SMARTS) is 1. The number of aromatic nitrogens is 2. The number of halogens is 3. The van der Waals surface area contributed by atoms with E-state index >= 15 is 0 Å². The third kappa shape index (κ3) is 7.55. The fourth-order valence-corrected chi connectivity index (χ4v) is 8.51. The number of pyridine rings is 1. The first-order valence-corrected chi connectivity index (χ1v) is 16.5. The van der Waals surface area contributed by atoms with Gasteiger partial charge in [-0.15, -0.1) is 0 Å². The Bertz CT molecular complexity index is 1650. The molecule has 47 heavy (non-hydrogen) atoms. The van der Waals surface area contributed by atoms with Gasteiger partial charge in [0.25, 0.3) is 0 Å². The summed E-state index contributed by atoms with van der Waals surface area (Å²) in [5.41, 5.74) is 7.21. The molecule has 4 bridgehead atoms. The number of amides is 1. The molecule has 4 fully saturated rings. The van der Waals surface area contributed by atoms with Gasteiger partial charge in [0, 0.05) is 36.8 Å². The summed E-state index contributed by atoms with van der Waals surface area (Å²) < 4.78 is 62.2. The second-order valence-electron chi connectivity index (χ2n) is 12.5. The summed E-state index contributed by atoms with van der Waals surface area (Å²) in [6, 6.07) is 13.5. The molecular weight excluding hydrogens is 643 g/mol. The van der Waals surface area contributed by atoms with Gasteiger partial charge in [-0.25, -0.2) is 27.5 Å². The standard InChI is InChI=1S/C29H35N5O5S.C2HF3O2/c30-29(21-11-18-10-19(13-21)14-22(29)12-18)17-32-26(35)15-24(20-4-2-1-3-5-20)33-40(38,39)23-6-7-25(31-16-23)34-27(36)8-9-28(34)37;3-2(4,5)1(6)7/h1-9,16,18-19,21-22,24,33,36-37H,10-15,17,30H2,(H,32,35);(H,6,7)/t18?,19?,21?,22?,24-,29?;/m0./s1. The van der Waals surface area contributed by atoms with Gasteiger partial charge in [-0.3, -0.25) is 4.79 Å². The Balaban J connectivity index is 0.000000559. The quantitative estimate of drug-likeness (QED) is 0.196. The molecule has 0 aliphatic heterocycles. The number of nitrogens with two attached hydrogens (primary N) is 1. The first-order valence-electron chi connectivity index (χ1n) is 15.1. The molecule has 4 saturated carbocycles. The predicted molar refractivity (Wildman–Crippen MR) is 162 cm³/mol. The minimum absolute atomic E-state index is 0.0868. The zero-order valence-electron chi connectivity index (χ0n) is 25.1. The highest BCUT2D eigenvalue weighted by Crippen LogP contribution is 2.57. The number of aliphatic carboxylic acids is 1. The lowest BCUT2D eigenvalue weighted by Crippen LogP contribution is -2.67. The van der Waals surface area contributed by atoms with Crippen LogP contribution in [0, 0.1) is 23.7 Å². The third-order valence-corrected chi connectivity index (χ3v) is 10.9. The molecule has 7 N–H and O–H groups in total. The monoisotopic (exact) mass is 679 g/mol. The lowest BCUT2D eigenvalue weighted by molar-refractivity contribution is -0.192. The number of carboxylic acids is 1. The number of sulfonamides is 1. The maximum Gasteiger partial charge on any atom is 0.490 e. The summed E-state index contributed by atoms with van der Waals surface area (Å²) in [5, 5.41) is 30.0. The van der Waals surface area contributed by atoms with Crippen LogP contribution in [-0.2, 0) is 19.6 Å². The van der Waals surface area contributed by atoms with E-state index in [9.17, 15) is 36.6 Å². The molecular formula is C31H36F3N5O7S. The van der Waals surface area contributed by atoms with Gasteiger partial charge in [0.05, 0.1) is 6.04 Å². The van der Waals surface area contributed by atoms with Crippen molar-refractivity contribution in [1.29, 1.82) is 0 Å². The third-order valence-electron chi connectivity index (χ3n) is 9.48. The number of benzene rings is 1. The van der Waals surface area contributed by atoms with E-state index in [1.807, 2.05) is 6.07 Å². The van der Waals surface area contributed by atoms with Crippen LogP contribution in [0.25, 0.3) is 5.82 Å². The smallest absolute Gasteiger partial charge is 0.490 e. The Hall–Kier alpha value is -4.15. The molecule has 1 amide bonds. The van der Waals surface area contributed by atoms with Crippen molar-refractivity contribution >= 4 is 21.9 Å². The van der Waals surface area contributed by atoms with E-state index in [-0.39, 0.29) is 34.8 Å². The lowest BCUT2D eigenvalue weighted by atomic mass is 9.49. The number of rotatable bonds is 9. The van der Waals surface area contributed by atoms with E-state index in [1.54, 1.807) is 24.3 Å². The van der Waals surface area contributed by atoms with Crippen molar-refractivity contribution in [3.8, 4) is 17.6 Å².